The van der Waals surface area contributed by atoms with Crippen LogP contribution in [-0.4, -0.2) is 23.6 Å². The van der Waals surface area contributed by atoms with Crippen molar-refractivity contribution in [3.63, 3.8) is 0 Å². The monoisotopic (exact) mass is 285 g/mol. The van der Waals surface area contributed by atoms with Gasteiger partial charge in [0.15, 0.2) is 0 Å². The Hall–Kier alpha value is -1.94. The summed E-state index contributed by atoms with van der Waals surface area (Å²) in [5, 5.41) is 3.57. The quantitative estimate of drug-likeness (QED) is 0.809. The van der Waals surface area contributed by atoms with Crippen LogP contribution < -0.4 is 10.1 Å². The predicted octanol–water partition coefficient (Wildman–Crippen LogP) is 3.16. The molecule has 1 aromatic heterocycles. The molecule has 4 nitrogen and oxygen atoms in total. The molecule has 2 rings (SSSR count). The summed E-state index contributed by atoms with van der Waals surface area (Å²) in [6, 6.07) is 8.56. The molecule has 21 heavy (non-hydrogen) atoms. The number of ether oxygens (including phenoxy) is 1. The average molecular weight is 285 g/mol. The summed E-state index contributed by atoms with van der Waals surface area (Å²) in [6.07, 6.45) is 8.53. The van der Waals surface area contributed by atoms with Crippen LogP contribution in [0.2, 0.25) is 0 Å². The Morgan fingerprint density at radius 1 is 1.14 bits per heavy atom. The van der Waals surface area contributed by atoms with E-state index in [0.29, 0.717) is 6.04 Å². The van der Waals surface area contributed by atoms with Gasteiger partial charge in [0.25, 0.3) is 0 Å². The molecular weight excluding hydrogens is 262 g/mol. The Morgan fingerprint density at radius 2 is 1.86 bits per heavy atom. The van der Waals surface area contributed by atoms with Gasteiger partial charge in [0.2, 0.25) is 0 Å². The zero-order valence-corrected chi connectivity index (χ0v) is 12.7. The molecule has 0 aliphatic carbocycles. The van der Waals surface area contributed by atoms with E-state index in [4.69, 9.17) is 4.74 Å². The number of methoxy groups -OCH3 is 1. The lowest BCUT2D eigenvalue weighted by Crippen LogP contribution is -2.23. The van der Waals surface area contributed by atoms with Crippen LogP contribution in [0, 0.1) is 0 Å². The summed E-state index contributed by atoms with van der Waals surface area (Å²) in [5.74, 6) is 0.899. The van der Waals surface area contributed by atoms with E-state index in [9.17, 15) is 0 Å². The Morgan fingerprint density at radius 3 is 2.48 bits per heavy atom. The van der Waals surface area contributed by atoms with Gasteiger partial charge in [-0.3, -0.25) is 0 Å². The van der Waals surface area contributed by atoms with Gasteiger partial charge in [0.1, 0.15) is 12.1 Å². The van der Waals surface area contributed by atoms with Crippen LogP contribution in [0.1, 0.15) is 36.9 Å². The molecule has 2 aromatic rings. The molecule has 0 saturated carbocycles. The third-order valence-electron chi connectivity index (χ3n) is 3.50. The molecule has 1 heterocycles. The molecule has 0 aliphatic heterocycles. The molecule has 0 aliphatic rings. The van der Waals surface area contributed by atoms with Gasteiger partial charge in [-0.1, -0.05) is 19.1 Å². The molecule has 0 amide bonds. The number of rotatable bonds is 8. The second kappa shape index (κ2) is 8.37. The van der Waals surface area contributed by atoms with Crippen molar-refractivity contribution < 1.29 is 4.74 Å². The maximum Gasteiger partial charge on any atom is 0.118 e. The van der Waals surface area contributed by atoms with Crippen LogP contribution in [0.15, 0.2) is 43.0 Å². The van der Waals surface area contributed by atoms with Crippen molar-refractivity contribution in [3.8, 4) is 5.75 Å². The van der Waals surface area contributed by atoms with E-state index >= 15 is 0 Å². The topological polar surface area (TPSA) is 47.0 Å². The summed E-state index contributed by atoms with van der Waals surface area (Å²) in [7, 11) is 1.69. The van der Waals surface area contributed by atoms with Gasteiger partial charge < -0.3 is 10.1 Å². The van der Waals surface area contributed by atoms with Crippen LogP contribution in [0.5, 0.6) is 5.75 Å². The molecule has 1 N–H and O–H groups in total. The minimum atomic E-state index is 0.299. The normalized spacial score (nSPS) is 12.1. The van der Waals surface area contributed by atoms with E-state index in [1.165, 1.54) is 5.56 Å². The van der Waals surface area contributed by atoms with E-state index in [1.54, 1.807) is 13.4 Å². The first kappa shape index (κ1) is 15.4. The van der Waals surface area contributed by atoms with E-state index < -0.39 is 0 Å². The molecule has 1 unspecified atom stereocenters. The highest BCUT2D eigenvalue weighted by atomic mass is 16.5. The molecule has 0 spiro atoms. The van der Waals surface area contributed by atoms with E-state index in [-0.39, 0.29) is 0 Å². The van der Waals surface area contributed by atoms with Gasteiger partial charge in [-0.05, 0) is 43.5 Å². The summed E-state index contributed by atoms with van der Waals surface area (Å²) in [4.78, 5) is 8.25. The first-order valence-corrected chi connectivity index (χ1v) is 7.44. The second-order valence-electron chi connectivity index (χ2n) is 5.07. The van der Waals surface area contributed by atoms with Gasteiger partial charge in [-0.2, -0.15) is 0 Å². The van der Waals surface area contributed by atoms with Crippen LogP contribution in [0.4, 0.5) is 0 Å². The molecule has 0 fully saturated rings. The SMILES string of the molecule is CCCNC(CCc1ccc(OC)cc1)c1cncnc1. The average Bonchev–Trinajstić information content (AvgIpc) is 2.56. The number of aryl methyl sites for hydroxylation is 1. The molecule has 4 heteroatoms. The van der Waals surface area contributed by atoms with E-state index in [0.717, 1.165) is 37.1 Å². The van der Waals surface area contributed by atoms with Gasteiger partial charge in [-0.25, -0.2) is 9.97 Å². The van der Waals surface area contributed by atoms with Crippen molar-refractivity contribution in [2.75, 3.05) is 13.7 Å². The number of nitrogens with zero attached hydrogens (tertiary/aromatic N) is 2. The Kier molecular flexibility index (Phi) is 6.16. The Balaban J connectivity index is 1.97. The summed E-state index contributed by atoms with van der Waals surface area (Å²) < 4.78 is 5.19. The summed E-state index contributed by atoms with van der Waals surface area (Å²) in [5.41, 5.74) is 2.47. The van der Waals surface area contributed by atoms with Crippen LogP contribution in [0.3, 0.4) is 0 Å². The molecule has 1 aromatic carbocycles. The molecule has 0 bridgehead atoms. The standard InChI is InChI=1S/C17H23N3O/c1-3-10-20-17(15-11-18-13-19-12-15)9-6-14-4-7-16(21-2)8-5-14/h4-5,7-8,11-13,17,20H,3,6,9-10H2,1-2H3. The van der Waals surface area contributed by atoms with Crippen molar-refractivity contribution in [2.24, 2.45) is 0 Å². The van der Waals surface area contributed by atoms with Crippen LogP contribution in [0.25, 0.3) is 0 Å². The van der Waals surface area contributed by atoms with Crippen LogP contribution in [-0.2, 0) is 6.42 Å². The molecular formula is C17H23N3O. The first-order chi connectivity index (χ1) is 10.3. The van der Waals surface area contributed by atoms with Crippen LogP contribution >= 0.6 is 0 Å². The number of nitrogens with one attached hydrogen (secondary N) is 1. The van der Waals surface area contributed by atoms with Crippen molar-refractivity contribution in [1.82, 2.24) is 15.3 Å². The lowest BCUT2D eigenvalue weighted by Gasteiger charge is -2.18. The largest absolute Gasteiger partial charge is 0.497 e. The summed E-state index contributed by atoms with van der Waals surface area (Å²) >= 11 is 0. The van der Waals surface area contributed by atoms with Gasteiger partial charge in [0, 0.05) is 24.0 Å². The zero-order valence-electron chi connectivity index (χ0n) is 12.7. The fourth-order valence-electron chi connectivity index (χ4n) is 2.30. The lowest BCUT2D eigenvalue weighted by atomic mass is 10.0. The maximum atomic E-state index is 5.19. The van der Waals surface area contributed by atoms with Crippen molar-refractivity contribution >= 4 is 0 Å². The van der Waals surface area contributed by atoms with Gasteiger partial charge in [-0.15, -0.1) is 0 Å². The fraction of sp³-hybridized carbons (Fsp3) is 0.412. The highest BCUT2D eigenvalue weighted by Gasteiger charge is 2.11. The highest BCUT2D eigenvalue weighted by Crippen LogP contribution is 2.19. The maximum absolute atomic E-state index is 5.19. The number of hydrogen-bond acceptors (Lipinski definition) is 4. The van der Waals surface area contributed by atoms with E-state index in [1.807, 2.05) is 24.5 Å². The van der Waals surface area contributed by atoms with Gasteiger partial charge >= 0.3 is 0 Å². The Bertz CT molecular complexity index is 513. The third kappa shape index (κ3) is 4.83. The number of benzene rings is 1. The highest BCUT2D eigenvalue weighted by molar-refractivity contribution is 5.27. The second-order valence-corrected chi connectivity index (χ2v) is 5.07. The smallest absolute Gasteiger partial charge is 0.118 e. The molecule has 1 atom stereocenters. The van der Waals surface area contributed by atoms with Crippen molar-refractivity contribution in [3.05, 3.63) is 54.1 Å². The molecule has 112 valence electrons. The third-order valence-corrected chi connectivity index (χ3v) is 3.50. The predicted molar refractivity (Wildman–Crippen MR) is 84.4 cm³/mol. The van der Waals surface area contributed by atoms with Crippen molar-refractivity contribution in [2.45, 2.75) is 32.2 Å². The fourth-order valence-corrected chi connectivity index (χ4v) is 2.30. The Labute approximate surface area is 126 Å². The van der Waals surface area contributed by atoms with Crippen molar-refractivity contribution in [1.29, 1.82) is 0 Å². The molecule has 0 radical (unpaired) electrons. The summed E-state index contributed by atoms with van der Waals surface area (Å²) in [6.45, 7) is 3.18. The first-order valence-electron chi connectivity index (χ1n) is 7.44. The number of hydrogen-bond donors (Lipinski definition) is 1. The lowest BCUT2D eigenvalue weighted by molar-refractivity contribution is 0.414. The van der Waals surface area contributed by atoms with E-state index in [2.05, 4.69) is 34.3 Å². The zero-order chi connectivity index (χ0) is 14.9. The minimum absolute atomic E-state index is 0.299. The van der Waals surface area contributed by atoms with Gasteiger partial charge in [0.05, 0.1) is 7.11 Å². The minimum Gasteiger partial charge on any atom is -0.497 e. The number of aromatic nitrogens is 2. The molecule has 0 saturated heterocycles.